The first-order valence-corrected chi connectivity index (χ1v) is 7.95. The number of rotatable bonds is 4. The van der Waals surface area contributed by atoms with Crippen LogP contribution in [0.5, 0.6) is 0 Å². The second-order valence-corrected chi connectivity index (χ2v) is 6.56. The Hall–Kier alpha value is -1.47. The zero-order valence-electron chi connectivity index (χ0n) is 10.1. The van der Waals surface area contributed by atoms with Gasteiger partial charge in [0.2, 0.25) is 5.16 Å². The predicted molar refractivity (Wildman–Crippen MR) is 75.3 cm³/mol. The summed E-state index contributed by atoms with van der Waals surface area (Å²) in [5.74, 6) is 0.826. The fourth-order valence-electron chi connectivity index (χ4n) is 1.94. The summed E-state index contributed by atoms with van der Waals surface area (Å²) in [7, 11) is 0. The third-order valence-electron chi connectivity index (χ3n) is 3.02. The number of tetrazole rings is 1. The molecule has 1 aliphatic rings. The molecule has 1 aliphatic carbocycles. The number of thiazole rings is 1. The fraction of sp³-hybridized carbons (Fsp3) is 0.333. The number of nitrogens with zero attached hydrogens (tertiary/aromatic N) is 5. The largest absolute Gasteiger partial charge is 0.240 e. The maximum absolute atomic E-state index is 4.62. The van der Waals surface area contributed by atoms with E-state index in [1.807, 2.05) is 22.9 Å². The molecule has 0 spiro atoms. The second-order valence-electron chi connectivity index (χ2n) is 4.50. The molecule has 4 rings (SSSR count). The first kappa shape index (κ1) is 11.4. The highest BCUT2D eigenvalue weighted by Crippen LogP contribution is 2.37. The zero-order valence-corrected chi connectivity index (χ0v) is 11.7. The van der Waals surface area contributed by atoms with E-state index >= 15 is 0 Å². The van der Waals surface area contributed by atoms with Crippen LogP contribution in [-0.4, -0.2) is 25.2 Å². The molecular formula is C12H11N5S2. The minimum absolute atomic E-state index is 0.521. The Balaban J connectivity index is 1.53. The molecule has 2 heterocycles. The SMILES string of the molecule is c1ccc2sc(CSc3nnnn3C3CC3)nc2c1. The summed E-state index contributed by atoms with van der Waals surface area (Å²) in [6.07, 6.45) is 2.39. The molecule has 19 heavy (non-hydrogen) atoms. The Kier molecular flexibility index (Phi) is 2.73. The number of hydrogen-bond donors (Lipinski definition) is 0. The Morgan fingerprint density at radius 3 is 3.05 bits per heavy atom. The third-order valence-corrected chi connectivity index (χ3v) is 5.18. The van der Waals surface area contributed by atoms with Gasteiger partial charge in [-0.15, -0.1) is 16.4 Å². The molecule has 0 radical (unpaired) electrons. The summed E-state index contributed by atoms with van der Waals surface area (Å²) in [6, 6.07) is 8.74. The average molecular weight is 289 g/mol. The molecule has 0 bridgehead atoms. The van der Waals surface area contributed by atoms with Crippen LogP contribution in [0, 0.1) is 0 Å². The Labute approximate surface area is 118 Å². The second kappa shape index (κ2) is 4.57. The van der Waals surface area contributed by atoms with E-state index in [1.54, 1.807) is 23.1 Å². The van der Waals surface area contributed by atoms with Gasteiger partial charge in [0.05, 0.1) is 22.0 Å². The van der Waals surface area contributed by atoms with Gasteiger partial charge in [-0.1, -0.05) is 23.9 Å². The van der Waals surface area contributed by atoms with Crippen LogP contribution < -0.4 is 0 Å². The van der Waals surface area contributed by atoms with Crippen molar-refractivity contribution in [1.29, 1.82) is 0 Å². The molecule has 0 saturated heterocycles. The quantitative estimate of drug-likeness (QED) is 0.691. The van der Waals surface area contributed by atoms with Gasteiger partial charge in [-0.3, -0.25) is 0 Å². The van der Waals surface area contributed by atoms with E-state index in [0.29, 0.717) is 6.04 Å². The van der Waals surface area contributed by atoms with Gasteiger partial charge in [0.1, 0.15) is 5.01 Å². The van der Waals surface area contributed by atoms with Gasteiger partial charge in [-0.2, -0.15) is 0 Å². The van der Waals surface area contributed by atoms with Gasteiger partial charge in [-0.25, -0.2) is 9.67 Å². The van der Waals surface area contributed by atoms with Crippen LogP contribution in [0.4, 0.5) is 0 Å². The highest BCUT2D eigenvalue weighted by molar-refractivity contribution is 7.98. The van der Waals surface area contributed by atoms with Crippen molar-refractivity contribution >= 4 is 33.3 Å². The molecule has 0 unspecified atom stereocenters. The Morgan fingerprint density at radius 1 is 1.32 bits per heavy atom. The number of para-hydroxylation sites is 1. The minimum Gasteiger partial charge on any atom is -0.240 e. The molecule has 0 atom stereocenters. The normalized spacial score (nSPS) is 15.2. The third kappa shape index (κ3) is 2.23. The lowest BCUT2D eigenvalue weighted by atomic mass is 10.3. The van der Waals surface area contributed by atoms with Gasteiger partial charge in [0.15, 0.2) is 0 Å². The van der Waals surface area contributed by atoms with Gasteiger partial charge in [0, 0.05) is 0 Å². The molecule has 5 nitrogen and oxygen atoms in total. The molecule has 1 fully saturated rings. The van der Waals surface area contributed by atoms with Crippen LogP contribution in [0.2, 0.25) is 0 Å². The molecule has 0 amide bonds. The summed E-state index contributed by atoms with van der Waals surface area (Å²) in [5.41, 5.74) is 1.07. The van der Waals surface area contributed by atoms with Crippen LogP contribution in [0.1, 0.15) is 23.9 Å². The van der Waals surface area contributed by atoms with Crippen molar-refractivity contribution in [2.24, 2.45) is 0 Å². The smallest absolute Gasteiger partial charge is 0.209 e. The van der Waals surface area contributed by atoms with Gasteiger partial charge < -0.3 is 0 Å². The van der Waals surface area contributed by atoms with Crippen molar-refractivity contribution in [3.8, 4) is 0 Å². The molecule has 3 aromatic rings. The van der Waals surface area contributed by atoms with E-state index in [2.05, 4.69) is 26.6 Å². The first-order chi connectivity index (χ1) is 9.40. The van der Waals surface area contributed by atoms with Crippen molar-refractivity contribution in [2.75, 3.05) is 0 Å². The number of benzene rings is 1. The predicted octanol–water partition coefficient (Wildman–Crippen LogP) is 2.91. The molecule has 7 heteroatoms. The van der Waals surface area contributed by atoms with Crippen LogP contribution in [0.15, 0.2) is 29.4 Å². The summed E-state index contributed by atoms with van der Waals surface area (Å²) in [6.45, 7) is 0. The van der Waals surface area contributed by atoms with Crippen molar-refractivity contribution < 1.29 is 0 Å². The van der Waals surface area contributed by atoms with Gasteiger partial charge >= 0.3 is 0 Å². The first-order valence-electron chi connectivity index (χ1n) is 6.15. The van der Waals surface area contributed by atoms with Gasteiger partial charge in [-0.05, 0) is 35.4 Å². The molecule has 1 saturated carbocycles. The summed E-state index contributed by atoms with van der Waals surface area (Å²) in [4.78, 5) is 4.62. The number of thioether (sulfide) groups is 1. The molecule has 1 aromatic carbocycles. The van der Waals surface area contributed by atoms with E-state index in [9.17, 15) is 0 Å². The van der Waals surface area contributed by atoms with Crippen molar-refractivity contribution in [1.82, 2.24) is 25.2 Å². The standard InChI is InChI=1S/C12H11N5S2/c1-2-4-10-9(3-1)13-11(19-10)7-18-12-14-15-16-17(12)8-5-6-8/h1-4,8H,5-7H2. The molecule has 0 N–H and O–H groups in total. The van der Waals surface area contributed by atoms with Crippen molar-refractivity contribution in [3.05, 3.63) is 29.3 Å². The number of fused-ring (bicyclic) bond motifs is 1. The number of aromatic nitrogens is 5. The summed E-state index contributed by atoms with van der Waals surface area (Å²) < 4.78 is 3.18. The van der Waals surface area contributed by atoms with E-state index < -0.39 is 0 Å². The van der Waals surface area contributed by atoms with Crippen LogP contribution >= 0.6 is 23.1 Å². The van der Waals surface area contributed by atoms with Crippen LogP contribution in [0.3, 0.4) is 0 Å². The Morgan fingerprint density at radius 2 is 2.21 bits per heavy atom. The highest BCUT2D eigenvalue weighted by Gasteiger charge is 2.27. The lowest BCUT2D eigenvalue weighted by Gasteiger charge is -1.99. The highest BCUT2D eigenvalue weighted by atomic mass is 32.2. The topological polar surface area (TPSA) is 56.5 Å². The van der Waals surface area contributed by atoms with Crippen LogP contribution in [0.25, 0.3) is 10.2 Å². The zero-order chi connectivity index (χ0) is 12.7. The molecule has 96 valence electrons. The average Bonchev–Trinajstić information content (AvgIpc) is 3.03. The van der Waals surface area contributed by atoms with Crippen molar-refractivity contribution in [2.45, 2.75) is 29.8 Å². The monoisotopic (exact) mass is 289 g/mol. The minimum atomic E-state index is 0.521. The van der Waals surface area contributed by atoms with Crippen LogP contribution in [-0.2, 0) is 5.75 Å². The molecule has 0 aliphatic heterocycles. The van der Waals surface area contributed by atoms with E-state index in [0.717, 1.165) is 21.4 Å². The lowest BCUT2D eigenvalue weighted by molar-refractivity contribution is 0.565. The van der Waals surface area contributed by atoms with E-state index in [4.69, 9.17) is 0 Å². The summed E-state index contributed by atoms with van der Waals surface area (Å²) in [5, 5.41) is 13.9. The lowest BCUT2D eigenvalue weighted by Crippen LogP contribution is -1.98. The maximum Gasteiger partial charge on any atom is 0.209 e. The Bertz CT molecular complexity index is 683. The molecule has 2 aromatic heterocycles. The number of hydrogen-bond acceptors (Lipinski definition) is 6. The van der Waals surface area contributed by atoms with Gasteiger partial charge in [0.25, 0.3) is 0 Å². The van der Waals surface area contributed by atoms with E-state index in [-0.39, 0.29) is 0 Å². The molecular weight excluding hydrogens is 278 g/mol. The van der Waals surface area contributed by atoms with E-state index in [1.165, 1.54) is 17.5 Å². The maximum atomic E-state index is 4.62. The fourth-order valence-corrected chi connectivity index (χ4v) is 3.84. The van der Waals surface area contributed by atoms with Crippen molar-refractivity contribution in [3.63, 3.8) is 0 Å². The summed E-state index contributed by atoms with van der Waals surface area (Å²) >= 11 is 3.40.